The van der Waals surface area contributed by atoms with Gasteiger partial charge in [-0.15, -0.1) is 11.3 Å². The Morgan fingerprint density at radius 3 is 2.25 bits per heavy atom. The number of pyridine rings is 1. The van der Waals surface area contributed by atoms with Crippen LogP contribution < -0.4 is 30.3 Å². The lowest BCUT2D eigenvalue weighted by molar-refractivity contribution is -0.384. The van der Waals surface area contributed by atoms with Gasteiger partial charge in [-0.3, -0.25) is 29.4 Å². The van der Waals surface area contributed by atoms with Crippen LogP contribution in [-0.4, -0.2) is 180 Å². The molecule has 4 aliphatic heterocycles. The number of benzene rings is 4. The predicted molar refractivity (Wildman–Crippen MR) is 426 cm³/mol. The molecule has 4 fully saturated rings. The lowest BCUT2D eigenvalue weighted by atomic mass is 9.72. The van der Waals surface area contributed by atoms with Gasteiger partial charge in [0, 0.05) is 92.7 Å². The monoisotopic (exact) mass is 1520 g/mol. The maximum Gasteiger partial charge on any atom is 0.293 e. The Kier molecular flexibility index (Phi) is 26.0. The molecule has 5 aliphatic rings. The van der Waals surface area contributed by atoms with Gasteiger partial charge in [-0.25, -0.2) is 23.1 Å². The zero-order valence-corrected chi connectivity index (χ0v) is 65.6. The number of thiazole rings is 1. The van der Waals surface area contributed by atoms with Gasteiger partial charge in [0.15, 0.2) is 0 Å². The third-order valence-electron chi connectivity index (χ3n) is 22.6. The summed E-state index contributed by atoms with van der Waals surface area (Å²) < 4.78 is 36.8. The number of halogens is 1. The molecule has 25 heteroatoms. The fourth-order valence-corrected chi connectivity index (χ4v) is 18.1. The van der Waals surface area contributed by atoms with Gasteiger partial charge in [-0.1, -0.05) is 120 Å². The van der Waals surface area contributed by atoms with E-state index in [0.29, 0.717) is 43.6 Å². The molecule has 3 aromatic heterocycles. The lowest BCUT2D eigenvalue weighted by Crippen LogP contribution is -2.56. The number of carbonyl (C=O) groups excluding carboxylic acids is 3. The number of aromatic amines is 1. The molecule has 1 aliphatic carbocycles. The van der Waals surface area contributed by atoms with E-state index in [1.54, 1.807) is 46.7 Å². The Morgan fingerprint density at radius 1 is 0.841 bits per heavy atom. The number of hydrogen-bond donors (Lipinski definition) is 6. The first-order chi connectivity index (χ1) is 51.3. The maximum atomic E-state index is 14.3. The van der Waals surface area contributed by atoms with Crippen LogP contribution in [-0.2, 0) is 19.6 Å². The zero-order valence-electron chi connectivity index (χ0n) is 63.2. The van der Waals surface area contributed by atoms with E-state index in [1.807, 2.05) is 82.6 Å². The van der Waals surface area contributed by atoms with Crippen molar-refractivity contribution in [1.29, 1.82) is 0 Å². The number of piperazine rings is 1. The van der Waals surface area contributed by atoms with E-state index in [9.17, 15) is 38.0 Å². The van der Waals surface area contributed by atoms with E-state index >= 15 is 0 Å². The van der Waals surface area contributed by atoms with E-state index < -0.39 is 55.0 Å². The number of aliphatic hydroxyl groups is 1. The highest BCUT2D eigenvalue weighted by Gasteiger charge is 2.44. The number of nitrogens with zero attached hydrogens (tertiary/aromatic N) is 8. The molecule has 4 aromatic carbocycles. The summed E-state index contributed by atoms with van der Waals surface area (Å²) in [5.74, 6) is -0.605. The van der Waals surface area contributed by atoms with E-state index in [4.69, 9.17) is 16.3 Å². The molecule has 3 amide bonds. The first-order valence-corrected chi connectivity index (χ1v) is 41.3. The first-order valence-electron chi connectivity index (χ1n) is 38.6. The van der Waals surface area contributed by atoms with Crippen molar-refractivity contribution in [2.24, 2.45) is 16.7 Å². The van der Waals surface area contributed by atoms with Crippen molar-refractivity contribution in [3.8, 4) is 21.9 Å². The van der Waals surface area contributed by atoms with Crippen molar-refractivity contribution >= 4 is 84.4 Å². The summed E-state index contributed by atoms with van der Waals surface area (Å²) in [6, 6.07) is 27.8. The number of likely N-dealkylation sites (tertiary alicyclic amines) is 3. The number of nitrogens with one attached hydrogen (secondary N) is 5. The van der Waals surface area contributed by atoms with Gasteiger partial charge in [0.25, 0.3) is 21.6 Å². The van der Waals surface area contributed by atoms with Crippen LogP contribution >= 0.6 is 22.9 Å². The van der Waals surface area contributed by atoms with Gasteiger partial charge in [0.05, 0.1) is 55.8 Å². The van der Waals surface area contributed by atoms with Crippen molar-refractivity contribution in [3.63, 3.8) is 0 Å². The summed E-state index contributed by atoms with van der Waals surface area (Å²) in [6.45, 7) is 25.2. The van der Waals surface area contributed by atoms with Crippen LogP contribution in [0.5, 0.6) is 11.5 Å². The Morgan fingerprint density at radius 2 is 1.55 bits per heavy atom. The number of rotatable bonds is 30. The van der Waals surface area contributed by atoms with Crippen LogP contribution in [0.2, 0.25) is 5.02 Å². The number of sulfonamides is 1. The summed E-state index contributed by atoms with van der Waals surface area (Å²) in [5, 5.41) is 34.8. The molecule has 0 radical (unpaired) electrons. The molecule has 7 heterocycles. The molecule has 574 valence electrons. The summed E-state index contributed by atoms with van der Waals surface area (Å²) >= 11 is 7.90. The number of allylic oxidation sites excluding steroid dienone is 1. The number of H-pyrrole nitrogens is 1. The highest BCUT2D eigenvalue weighted by Crippen LogP contribution is 2.44. The van der Waals surface area contributed by atoms with Gasteiger partial charge in [-0.2, -0.15) is 0 Å². The Balaban J connectivity index is 0.548. The van der Waals surface area contributed by atoms with Gasteiger partial charge >= 0.3 is 0 Å². The Labute approximate surface area is 640 Å². The summed E-state index contributed by atoms with van der Waals surface area (Å²) in [5.41, 5.74) is 10.0. The minimum absolute atomic E-state index is 0.0398. The molecule has 107 heavy (non-hydrogen) atoms. The van der Waals surface area contributed by atoms with E-state index in [1.165, 1.54) is 60.7 Å². The molecule has 4 saturated heterocycles. The highest BCUT2D eigenvalue weighted by atomic mass is 35.5. The standard InChI is InChI=1S/C82H108ClN13O9S2/c1-55(58-15-17-60(18-16-58)75-56(2)88-54-106-75)89-79(99)73-47-66(97)53-95(73)80(100)76(81(3,4)5)84-34-13-11-9-8-10-12-14-36-91-37-31-64(32-38-91)93-39-29-57(30-40-93)50-86-71-26-24-68(48-72(71)96(101)102)107(103,104)90-78(98)69-25-23-65(46-74(69)105-67-45-61-28-35-85-77(61)87-51-67)94-43-41-92(42-44-94)52-62-27-33-82(6,7)49-70(62)59-19-21-63(83)22-20-59/h15-26,28,35,45-46,48,51,54-55,57,64,66,73,76,84,86,97H,8-14,27,29-34,36-44,47,49-50,52-53H2,1-7H3,(H,85,87)(H,89,99)(H,90,98)/t55-,66+,73-,76+/m0/s1. The van der Waals surface area contributed by atoms with Gasteiger partial charge in [0.1, 0.15) is 28.9 Å². The predicted octanol–water partition coefficient (Wildman–Crippen LogP) is 14.4. The molecular weight excluding hydrogens is 1410 g/mol. The summed E-state index contributed by atoms with van der Waals surface area (Å²) in [7, 11) is -4.62. The highest BCUT2D eigenvalue weighted by molar-refractivity contribution is 7.90. The van der Waals surface area contributed by atoms with Gasteiger partial charge in [0.2, 0.25) is 11.8 Å². The second kappa shape index (κ2) is 35.3. The maximum absolute atomic E-state index is 14.3. The number of unbranched alkanes of at least 4 members (excludes halogenated alkanes) is 6. The smallest absolute Gasteiger partial charge is 0.293 e. The number of nitro benzene ring substituents is 1. The summed E-state index contributed by atoms with van der Waals surface area (Å²) in [6.07, 6.45) is 18.0. The zero-order chi connectivity index (χ0) is 75.6. The molecule has 22 nitrogen and oxygen atoms in total. The van der Waals surface area contributed by atoms with Crippen molar-refractivity contribution in [2.75, 3.05) is 95.3 Å². The van der Waals surface area contributed by atoms with Crippen LogP contribution in [0.3, 0.4) is 0 Å². The van der Waals surface area contributed by atoms with Crippen LogP contribution in [0, 0.1) is 33.8 Å². The van der Waals surface area contributed by atoms with Crippen LogP contribution in [0.15, 0.2) is 125 Å². The third kappa shape index (κ3) is 20.4. The number of aromatic nitrogens is 3. The van der Waals surface area contributed by atoms with Crippen LogP contribution in [0.25, 0.3) is 27.0 Å². The van der Waals surface area contributed by atoms with Crippen molar-refractivity contribution < 1.29 is 37.6 Å². The topological polar surface area (TPSA) is 264 Å². The van der Waals surface area contributed by atoms with Crippen molar-refractivity contribution in [2.45, 2.75) is 180 Å². The second-order valence-corrected chi connectivity index (χ2v) is 35.1. The van der Waals surface area contributed by atoms with Crippen molar-refractivity contribution in [1.82, 2.24) is 49.9 Å². The van der Waals surface area contributed by atoms with E-state index in [0.717, 1.165) is 160 Å². The molecule has 0 unspecified atom stereocenters. The SMILES string of the molecule is Cc1ncsc1-c1ccc([C@H](C)NC(=O)[C@@H]2C[C@@H](O)CN2C(=O)[C@@H](NCCCCCCCCCN2CCC(N3CCC(CNc4ccc(S(=O)(=O)NC(=O)c5ccc(N6CCN(CC7=C(c8ccc(Cl)cc8)CC(C)(C)CC7)CC6)cc5Oc5cnc6[nH]ccc6c5)cc4[N+](=O)[O-])CC3)CC2)C(C)(C)C)cc1. The number of hydrogen-bond acceptors (Lipinski definition) is 18. The number of piperidine rings is 2. The lowest BCUT2D eigenvalue weighted by Gasteiger charge is -2.42. The second-order valence-electron chi connectivity index (χ2n) is 32.1. The van der Waals surface area contributed by atoms with Gasteiger partial charge in [-0.05, 0) is 198 Å². The molecule has 0 spiro atoms. The molecule has 4 atom stereocenters. The molecule has 0 bridgehead atoms. The minimum Gasteiger partial charge on any atom is -0.455 e. The number of amides is 3. The average molecular weight is 1520 g/mol. The number of aliphatic hydroxyl groups excluding tert-OH is 1. The number of ether oxygens (including phenoxy) is 1. The molecule has 7 aromatic rings. The number of carbonyl (C=O) groups is 3. The summed E-state index contributed by atoms with van der Waals surface area (Å²) in [4.78, 5) is 78.5. The van der Waals surface area contributed by atoms with E-state index in [-0.39, 0.29) is 59.2 Å². The number of nitro groups is 1. The van der Waals surface area contributed by atoms with Crippen molar-refractivity contribution in [3.05, 3.63) is 158 Å². The normalized spacial score (nSPS) is 19.4. The van der Waals surface area contributed by atoms with Crippen LogP contribution in [0.4, 0.5) is 17.1 Å². The molecule has 0 saturated carbocycles. The van der Waals surface area contributed by atoms with E-state index in [2.05, 4.69) is 81.2 Å². The minimum atomic E-state index is -4.62. The molecular formula is C82H108ClN13O9S2. The Bertz CT molecular complexity index is 4360. The first kappa shape index (κ1) is 78.8. The third-order valence-corrected chi connectivity index (χ3v) is 25.2. The van der Waals surface area contributed by atoms with Gasteiger partial charge < -0.3 is 50.4 Å². The number of aryl methyl sites for hydroxylation is 1. The number of β-amino-alcohol motifs (C(OH)–C–C–N with tert-alkyl or cyclic N) is 1. The Hall–Kier alpha value is -7.81. The average Bonchev–Trinajstić information content (AvgIpc) is 1.35. The largest absolute Gasteiger partial charge is 0.455 e. The fraction of sp³-hybridized carbons (Fsp3) is 0.524. The number of anilines is 2. The molecule has 12 rings (SSSR count). The molecule has 6 N–H and O–H groups in total. The van der Waals surface area contributed by atoms with Crippen LogP contribution in [0.1, 0.15) is 171 Å². The fourth-order valence-electron chi connectivity index (χ4n) is 16.2. The quantitative estimate of drug-likeness (QED) is 0.0139. The number of fused-ring (bicyclic) bond motifs is 1.